The number of nitrogens with zero attached hydrogens (tertiary/aromatic N) is 4. The topological polar surface area (TPSA) is 77.9 Å². The molecular weight excluding hydrogens is 544 g/mol. The summed E-state index contributed by atoms with van der Waals surface area (Å²) in [6.45, 7) is 2.24. The van der Waals surface area contributed by atoms with Crippen LogP contribution in [0, 0.1) is 0 Å². The number of aromatic nitrogens is 4. The highest BCUT2D eigenvalue weighted by molar-refractivity contribution is 5.87. The lowest BCUT2D eigenvalue weighted by molar-refractivity contribution is -0.141. The molecule has 4 aromatic carbocycles. The van der Waals surface area contributed by atoms with E-state index < -0.39 is 10.8 Å². The van der Waals surface area contributed by atoms with Gasteiger partial charge in [-0.25, -0.2) is 19.9 Å². The van der Waals surface area contributed by atoms with Crippen molar-refractivity contribution in [3.63, 3.8) is 0 Å². The van der Waals surface area contributed by atoms with Crippen molar-refractivity contribution in [2.75, 3.05) is 7.11 Å². The number of carbonyl (C=O) groups excluding carboxylic acids is 1. The van der Waals surface area contributed by atoms with Crippen LogP contribution in [-0.4, -0.2) is 33.0 Å². The van der Waals surface area contributed by atoms with Crippen molar-refractivity contribution >= 4 is 28.0 Å². The number of carbonyl (C=O) groups is 1. The van der Waals surface area contributed by atoms with E-state index in [1.807, 2.05) is 48.5 Å². The fourth-order valence-electron chi connectivity index (χ4n) is 7.91. The number of methoxy groups -OCH3 is 1. The number of fused-ring (bicyclic) bond motifs is 8. The van der Waals surface area contributed by atoms with Crippen molar-refractivity contribution in [3.8, 4) is 22.5 Å². The molecule has 6 heteroatoms. The second kappa shape index (κ2) is 10.1. The van der Waals surface area contributed by atoms with Crippen molar-refractivity contribution in [1.29, 1.82) is 0 Å². The molecule has 44 heavy (non-hydrogen) atoms. The van der Waals surface area contributed by atoms with Crippen LogP contribution < -0.4 is 0 Å². The smallest absolute Gasteiger partial charge is 0.305 e. The number of ether oxygens (including phenoxy) is 1. The summed E-state index contributed by atoms with van der Waals surface area (Å²) in [5, 5.41) is 0. The van der Waals surface area contributed by atoms with Gasteiger partial charge in [-0.05, 0) is 54.7 Å². The van der Waals surface area contributed by atoms with E-state index in [2.05, 4.69) is 55.5 Å². The van der Waals surface area contributed by atoms with E-state index >= 15 is 0 Å². The summed E-state index contributed by atoms with van der Waals surface area (Å²) in [6.07, 6.45) is 3.31. The van der Waals surface area contributed by atoms with Gasteiger partial charge in [-0.2, -0.15) is 0 Å². The van der Waals surface area contributed by atoms with E-state index in [4.69, 9.17) is 24.7 Å². The molecule has 8 rings (SSSR count). The first-order valence-electron chi connectivity index (χ1n) is 15.4. The molecule has 216 valence electrons. The summed E-state index contributed by atoms with van der Waals surface area (Å²) in [7, 11) is 1.46. The van der Waals surface area contributed by atoms with Gasteiger partial charge in [0.15, 0.2) is 0 Å². The minimum Gasteiger partial charge on any atom is -0.469 e. The molecule has 0 N–H and O–H groups in total. The molecule has 2 aromatic heterocycles. The number of para-hydroxylation sites is 4. The molecule has 0 spiro atoms. The molecule has 0 amide bonds. The Morgan fingerprint density at radius 1 is 0.614 bits per heavy atom. The highest BCUT2D eigenvalue weighted by atomic mass is 16.5. The van der Waals surface area contributed by atoms with E-state index in [9.17, 15) is 4.79 Å². The highest BCUT2D eigenvalue weighted by Crippen LogP contribution is 2.61. The fraction of sp³-hybridized carbons (Fsp3) is 0.237. The second-order valence-corrected chi connectivity index (χ2v) is 12.1. The maximum Gasteiger partial charge on any atom is 0.305 e. The predicted molar refractivity (Wildman–Crippen MR) is 172 cm³/mol. The van der Waals surface area contributed by atoms with Crippen LogP contribution in [0.2, 0.25) is 0 Å². The van der Waals surface area contributed by atoms with Crippen LogP contribution >= 0.6 is 0 Å². The molecule has 2 unspecified atom stereocenters. The summed E-state index contributed by atoms with van der Waals surface area (Å²) in [4.78, 5) is 34.1. The molecule has 2 aliphatic rings. The van der Waals surface area contributed by atoms with Gasteiger partial charge in [0.05, 0.1) is 52.0 Å². The summed E-state index contributed by atoms with van der Waals surface area (Å²) in [6, 6.07) is 33.3. The molecule has 0 bridgehead atoms. The van der Waals surface area contributed by atoms with Gasteiger partial charge in [0, 0.05) is 28.4 Å². The van der Waals surface area contributed by atoms with Gasteiger partial charge in [-0.15, -0.1) is 0 Å². The Labute approximate surface area is 256 Å². The molecule has 0 saturated heterocycles. The molecule has 2 heterocycles. The van der Waals surface area contributed by atoms with E-state index in [-0.39, 0.29) is 12.4 Å². The Bertz CT molecular complexity index is 2110. The Balaban J connectivity index is 1.44. The Morgan fingerprint density at radius 2 is 1.05 bits per heavy atom. The number of hydrogen-bond donors (Lipinski definition) is 0. The van der Waals surface area contributed by atoms with Gasteiger partial charge in [0.1, 0.15) is 0 Å². The minimum absolute atomic E-state index is 0.230. The van der Waals surface area contributed by atoms with E-state index in [0.29, 0.717) is 12.8 Å². The fourth-order valence-corrected chi connectivity index (χ4v) is 7.91. The van der Waals surface area contributed by atoms with Crippen LogP contribution in [0.25, 0.3) is 44.6 Å². The van der Waals surface area contributed by atoms with E-state index in [0.717, 1.165) is 74.4 Å². The highest BCUT2D eigenvalue weighted by Gasteiger charge is 2.55. The first-order valence-corrected chi connectivity index (χ1v) is 15.4. The zero-order chi connectivity index (χ0) is 29.9. The van der Waals surface area contributed by atoms with Crippen LogP contribution in [0.4, 0.5) is 0 Å². The van der Waals surface area contributed by atoms with E-state index in [1.54, 1.807) is 0 Å². The van der Waals surface area contributed by atoms with Crippen molar-refractivity contribution in [2.45, 2.75) is 49.9 Å². The zero-order valence-electron chi connectivity index (χ0n) is 24.9. The molecular formula is C38H32N4O2. The number of hydrogen-bond acceptors (Lipinski definition) is 6. The van der Waals surface area contributed by atoms with Crippen molar-refractivity contribution in [1.82, 2.24) is 19.9 Å². The van der Waals surface area contributed by atoms with Gasteiger partial charge < -0.3 is 4.74 Å². The average molecular weight is 577 g/mol. The van der Waals surface area contributed by atoms with Gasteiger partial charge in [-0.3, -0.25) is 4.79 Å². The summed E-state index contributed by atoms with van der Waals surface area (Å²) >= 11 is 0. The third kappa shape index (κ3) is 3.76. The quantitative estimate of drug-likeness (QED) is 0.180. The standard InChI is InChI=1S/C38H32N4O2/c1-3-21-37(26-14-6-4-12-24(26)33-35(37)41-30-18-10-8-16-28(30)39-33)23-38(22-20-32(43)44-2)27-15-7-5-13-25(27)34-36(38)42-31-19-11-9-17-29(31)40-34/h4-19H,3,20-23H2,1-2H3. The molecule has 0 aliphatic heterocycles. The molecule has 2 atom stereocenters. The van der Waals surface area contributed by atoms with Crippen LogP contribution in [-0.2, 0) is 20.4 Å². The lowest BCUT2D eigenvalue weighted by Crippen LogP contribution is -2.39. The number of esters is 1. The third-order valence-corrected chi connectivity index (χ3v) is 9.71. The van der Waals surface area contributed by atoms with E-state index in [1.165, 1.54) is 12.7 Å². The Hall–Kier alpha value is -4.97. The monoisotopic (exact) mass is 576 g/mol. The van der Waals surface area contributed by atoms with Gasteiger partial charge in [-0.1, -0.05) is 86.1 Å². The normalized spacial score (nSPS) is 19.4. The van der Waals surface area contributed by atoms with Crippen LogP contribution in [0.3, 0.4) is 0 Å². The van der Waals surface area contributed by atoms with Gasteiger partial charge in [0.25, 0.3) is 0 Å². The first-order chi connectivity index (χ1) is 21.6. The van der Waals surface area contributed by atoms with Crippen LogP contribution in [0.5, 0.6) is 0 Å². The first kappa shape index (κ1) is 26.6. The van der Waals surface area contributed by atoms with Crippen LogP contribution in [0.1, 0.15) is 61.5 Å². The summed E-state index contributed by atoms with van der Waals surface area (Å²) in [5.41, 5.74) is 10.8. The maximum absolute atomic E-state index is 12.9. The van der Waals surface area contributed by atoms with Gasteiger partial charge in [0.2, 0.25) is 0 Å². The molecule has 6 aromatic rings. The molecule has 6 nitrogen and oxygen atoms in total. The average Bonchev–Trinajstić information content (AvgIpc) is 3.48. The summed E-state index contributed by atoms with van der Waals surface area (Å²) in [5.74, 6) is -0.230. The van der Waals surface area contributed by atoms with Crippen molar-refractivity contribution in [3.05, 3.63) is 120 Å². The zero-order valence-corrected chi connectivity index (χ0v) is 24.9. The molecule has 0 saturated carbocycles. The lowest BCUT2D eigenvalue weighted by atomic mass is 9.61. The maximum atomic E-state index is 12.9. The minimum atomic E-state index is -0.617. The second-order valence-electron chi connectivity index (χ2n) is 12.1. The predicted octanol–water partition coefficient (Wildman–Crippen LogP) is 7.95. The third-order valence-electron chi connectivity index (χ3n) is 9.71. The summed E-state index contributed by atoms with van der Waals surface area (Å²) < 4.78 is 5.21. The largest absolute Gasteiger partial charge is 0.469 e. The Morgan fingerprint density at radius 3 is 1.52 bits per heavy atom. The SMILES string of the molecule is CCCC1(CC2(CCC(=O)OC)c3ccccc3-c3nc4ccccc4nc32)c2ccccc2-c2nc3ccccc3nc21. The molecule has 0 fully saturated rings. The number of benzene rings is 4. The lowest BCUT2D eigenvalue weighted by Gasteiger charge is -2.41. The van der Waals surface area contributed by atoms with Crippen LogP contribution in [0.15, 0.2) is 97.1 Å². The van der Waals surface area contributed by atoms with Gasteiger partial charge >= 0.3 is 5.97 Å². The van der Waals surface area contributed by atoms with Crippen molar-refractivity contribution in [2.24, 2.45) is 0 Å². The Kier molecular flexibility index (Phi) is 6.09. The van der Waals surface area contributed by atoms with Crippen molar-refractivity contribution < 1.29 is 9.53 Å². The molecule has 2 aliphatic carbocycles. The molecule has 0 radical (unpaired) electrons. The number of rotatable bonds is 7.